The Morgan fingerprint density at radius 2 is 1.87 bits per heavy atom. The summed E-state index contributed by atoms with van der Waals surface area (Å²) in [5, 5.41) is 9.08. The second kappa shape index (κ2) is 7.58. The Morgan fingerprint density at radius 1 is 1.10 bits per heavy atom. The molecule has 0 unspecified atom stereocenters. The van der Waals surface area contributed by atoms with Gasteiger partial charge in [-0.1, -0.05) is 35.5 Å². The SMILES string of the molecule is COc1ncnc2c1c(-c1cn(Cc3ccccc3)nn1)cn2C(=O)OC(C)(C)C. The number of nitrogens with zero attached hydrogens (tertiary/aromatic N) is 6. The van der Waals surface area contributed by atoms with E-state index in [1.54, 1.807) is 10.9 Å². The summed E-state index contributed by atoms with van der Waals surface area (Å²) in [5.74, 6) is 0.343. The quantitative estimate of drug-likeness (QED) is 0.511. The first-order valence-corrected chi connectivity index (χ1v) is 9.43. The largest absolute Gasteiger partial charge is 0.480 e. The highest BCUT2D eigenvalue weighted by atomic mass is 16.6. The van der Waals surface area contributed by atoms with Crippen LogP contribution in [0.4, 0.5) is 4.79 Å². The van der Waals surface area contributed by atoms with Crippen molar-refractivity contribution in [1.82, 2.24) is 29.5 Å². The van der Waals surface area contributed by atoms with Crippen LogP contribution < -0.4 is 4.74 Å². The number of aromatic nitrogens is 6. The van der Waals surface area contributed by atoms with Crippen molar-refractivity contribution in [2.75, 3.05) is 7.11 Å². The molecule has 0 atom stereocenters. The van der Waals surface area contributed by atoms with Crippen molar-refractivity contribution in [1.29, 1.82) is 0 Å². The van der Waals surface area contributed by atoms with Gasteiger partial charge >= 0.3 is 6.09 Å². The summed E-state index contributed by atoms with van der Waals surface area (Å²) in [6, 6.07) is 9.96. The first-order valence-electron chi connectivity index (χ1n) is 9.43. The van der Waals surface area contributed by atoms with Gasteiger partial charge in [-0.15, -0.1) is 5.10 Å². The maximum Gasteiger partial charge on any atom is 0.420 e. The summed E-state index contributed by atoms with van der Waals surface area (Å²) >= 11 is 0. The Balaban J connectivity index is 1.78. The molecule has 4 rings (SSSR count). The minimum atomic E-state index is -0.649. The van der Waals surface area contributed by atoms with Gasteiger partial charge in [-0.3, -0.25) is 0 Å². The molecule has 0 aliphatic rings. The fourth-order valence-electron chi connectivity index (χ4n) is 3.10. The Morgan fingerprint density at radius 3 is 2.57 bits per heavy atom. The molecule has 0 aliphatic heterocycles. The molecule has 0 spiro atoms. The Bertz CT molecular complexity index is 1190. The zero-order valence-corrected chi connectivity index (χ0v) is 17.2. The number of ether oxygens (including phenoxy) is 2. The second-order valence-corrected chi connectivity index (χ2v) is 7.76. The third-order valence-electron chi connectivity index (χ3n) is 4.33. The van der Waals surface area contributed by atoms with Crippen LogP contribution >= 0.6 is 0 Å². The lowest BCUT2D eigenvalue weighted by Crippen LogP contribution is -2.26. The number of carbonyl (C=O) groups excluding carboxylic acids is 1. The van der Waals surface area contributed by atoms with Gasteiger partial charge in [-0.05, 0) is 26.3 Å². The lowest BCUT2D eigenvalue weighted by atomic mass is 10.2. The second-order valence-electron chi connectivity index (χ2n) is 7.76. The van der Waals surface area contributed by atoms with Gasteiger partial charge in [0.2, 0.25) is 5.88 Å². The molecule has 9 heteroatoms. The van der Waals surface area contributed by atoms with E-state index in [4.69, 9.17) is 9.47 Å². The summed E-state index contributed by atoms with van der Waals surface area (Å²) in [7, 11) is 1.52. The van der Waals surface area contributed by atoms with Crippen LogP contribution in [0.25, 0.3) is 22.3 Å². The van der Waals surface area contributed by atoms with Crippen LogP contribution in [0, 0.1) is 0 Å². The highest BCUT2D eigenvalue weighted by Crippen LogP contribution is 2.34. The van der Waals surface area contributed by atoms with Gasteiger partial charge in [0.25, 0.3) is 0 Å². The van der Waals surface area contributed by atoms with Gasteiger partial charge in [0, 0.05) is 11.8 Å². The van der Waals surface area contributed by atoms with E-state index in [2.05, 4.69) is 20.3 Å². The van der Waals surface area contributed by atoms with E-state index in [9.17, 15) is 4.79 Å². The van der Waals surface area contributed by atoms with E-state index in [1.807, 2.05) is 57.3 Å². The third kappa shape index (κ3) is 3.86. The molecule has 3 aromatic heterocycles. The molecule has 1 aromatic carbocycles. The Labute approximate surface area is 173 Å². The molecule has 0 radical (unpaired) electrons. The molecule has 0 fully saturated rings. The summed E-state index contributed by atoms with van der Waals surface area (Å²) in [6.07, 6.45) is 4.24. The van der Waals surface area contributed by atoms with Crippen molar-refractivity contribution in [3.05, 3.63) is 54.6 Å². The molecule has 154 valence electrons. The van der Waals surface area contributed by atoms with Crippen molar-refractivity contribution in [2.45, 2.75) is 32.9 Å². The number of benzene rings is 1. The molecule has 0 N–H and O–H groups in total. The molecule has 0 bridgehead atoms. The molecule has 0 amide bonds. The molecule has 30 heavy (non-hydrogen) atoms. The molecular weight excluding hydrogens is 384 g/mol. The number of rotatable bonds is 4. The molecule has 0 saturated carbocycles. The molecule has 4 aromatic rings. The zero-order valence-electron chi connectivity index (χ0n) is 17.2. The van der Waals surface area contributed by atoms with E-state index in [-0.39, 0.29) is 0 Å². The maximum absolute atomic E-state index is 12.8. The number of fused-ring (bicyclic) bond motifs is 1. The number of carbonyl (C=O) groups is 1. The topological polar surface area (TPSA) is 97.0 Å². The van der Waals surface area contributed by atoms with Crippen LogP contribution in [0.15, 0.2) is 49.1 Å². The highest BCUT2D eigenvalue weighted by Gasteiger charge is 2.25. The lowest BCUT2D eigenvalue weighted by Gasteiger charge is -2.19. The number of hydrogen-bond acceptors (Lipinski definition) is 7. The first-order chi connectivity index (χ1) is 14.4. The predicted octanol–water partition coefficient (Wildman–Crippen LogP) is 3.53. The Kier molecular flexibility index (Phi) is 4.94. The summed E-state index contributed by atoms with van der Waals surface area (Å²) in [6.45, 7) is 6.00. The van der Waals surface area contributed by atoms with Crippen LogP contribution in [-0.4, -0.2) is 48.3 Å². The predicted molar refractivity (Wildman–Crippen MR) is 110 cm³/mol. The summed E-state index contributed by atoms with van der Waals surface area (Å²) in [5.41, 5.74) is 2.04. The normalized spacial score (nSPS) is 11.6. The van der Waals surface area contributed by atoms with Gasteiger partial charge in [0.05, 0.1) is 25.2 Å². The fourth-order valence-corrected chi connectivity index (χ4v) is 3.10. The average Bonchev–Trinajstić information content (AvgIpc) is 3.32. The molecule has 0 saturated heterocycles. The molecule has 3 heterocycles. The zero-order chi connectivity index (χ0) is 21.3. The van der Waals surface area contributed by atoms with Crippen LogP contribution in [0.3, 0.4) is 0 Å². The summed E-state index contributed by atoms with van der Waals surface area (Å²) < 4.78 is 14.0. The Hall–Kier alpha value is -3.75. The van der Waals surface area contributed by atoms with Crippen LogP contribution in [-0.2, 0) is 11.3 Å². The molecule has 9 nitrogen and oxygen atoms in total. The van der Waals surface area contributed by atoms with E-state index < -0.39 is 11.7 Å². The minimum Gasteiger partial charge on any atom is -0.480 e. The van der Waals surface area contributed by atoms with Gasteiger partial charge in [0.1, 0.15) is 17.6 Å². The van der Waals surface area contributed by atoms with Crippen molar-refractivity contribution in [3.63, 3.8) is 0 Å². The molecule has 0 aliphatic carbocycles. The number of hydrogen-bond donors (Lipinski definition) is 0. The van der Waals surface area contributed by atoms with E-state index in [0.717, 1.165) is 5.56 Å². The number of methoxy groups -OCH3 is 1. The standard InChI is InChI=1S/C21H22N6O3/c1-21(2,3)30-20(28)27-11-15(17-18(27)22-13-23-19(17)29-4)16-12-26(25-24-16)10-14-8-6-5-7-9-14/h5-9,11-13H,10H2,1-4H3. The van der Waals surface area contributed by atoms with E-state index in [0.29, 0.717) is 34.7 Å². The highest BCUT2D eigenvalue weighted by molar-refractivity contribution is 6.00. The summed E-state index contributed by atoms with van der Waals surface area (Å²) in [4.78, 5) is 21.2. The minimum absolute atomic E-state index is 0.343. The smallest absolute Gasteiger partial charge is 0.420 e. The van der Waals surface area contributed by atoms with Gasteiger partial charge < -0.3 is 9.47 Å². The first kappa shape index (κ1) is 19.6. The van der Waals surface area contributed by atoms with Crippen LogP contribution in [0.2, 0.25) is 0 Å². The van der Waals surface area contributed by atoms with Gasteiger partial charge in [-0.25, -0.2) is 24.0 Å². The fraction of sp³-hybridized carbons (Fsp3) is 0.286. The van der Waals surface area contributed by atoms with Crippen molar-refractivity contribution >= 4 is 17.1 Å². The average molecular weight is 406 g/mol. The monoisotopic (exact) mass is 406 g/mol. The van der Waals surface area contributed by atoms with Crippen LogP contribution in [0.1, 0.15) is 26.3 Å². The van der Waals surface area contributed by atoms with Gasteiger partial charge in [0.15, 0.2) is 5.65 Å². The third-order valence-corrected chi connectivity index (χ3v) is 4.33. The van der Waals surface area contributed by atoms with Crippen molar-refractivity contribution < 1.29 is 14.3 Å². The lowest BCUT2D eigenvalue weighted by molar-refractivity contribution is 0.0543. The molecular formula is C21H22N6O3. The van der Waals surface area contributed by atoms with E-state index in [1.165, 1.54) is 18.0 Å². The van der Waals surface area contributed by atoms with E-state index >= 15 is 0 Å². The van der Waals surface area contributed by atoms with Crippen molar-refractivity contribution in [3.8, 4) is 17.1 Å². The van der Waals surface area contributed by atoms with Crippen LogP contribution in [0.5, 0.6) is 5.88 Å². The van der Waals surface area contributed by atoms with Crippen molar-refractivity contribution in [2.24, 2.45) is 0 Å². The van der Waals surface area contributed by atoms with Gasteiger partial charge in [-0.2, -0.15) is 0 Å². The maximum atomic E-state index is 12.8.